The van der Waals surface area contributed by atoms with Crippen LogP contribution < -0.4 is 5.32 Å². The molecule has 0 bridgehead atoms. The number of nitrogens with one attached hydrogen (secondary N) is 1. The van der Waals surface area contributed by atoms with Crippen LogP contribution in [0.25, 0.3) is 0 Å². The quantitative estimate of drug-likeness (QED) is 0.645. The first-order chi connectivity index (χ1) is 10.1. The Hall–Kier alpha value is -1.99. The van der Waals surface area contributed by atoms with Gasteiger partial charge in [-0.2, -0.15) is 0 Å². The number of non-ortho nitro benzene ring substituents is 1. The highest BCUT2D eigenvalue weighted by Crippen LogP contribution is 2.13. The molecule has 0 aliphatic carbocycles. The number of carbonyl (C=O) groups is 1. The summed E-state index contributed by atoms with van der Waals surface area (Å²) >= 11 is 0. The van der Waals surface area contributed by atoms with Crippen LogP contribution in [0, 0.1) is 10.1 Å². The van der Waals surface area contributed by atoms with Crippen molar-refractivity contribution in [2.75, 3.05) is 26.3 Å². The molecule has 1 atom stereocenters. The molecule has 1 N–H and O–H groups in total. The van der Waals surface area contributed by atoms with Crippen LogP contribution in [0.5, 0.6) is 0 Å². The third-order valence-corrected chi connectivity index (χ3v) is 3.43. The van der Waals surface area contributed by atoms with Gasteiger partial charge in [0.15, 0.2) is 0 Å². The molecule has 0 spiro atoms. The van der Waals surface area contributed by atoms with Crippen molar-refractivity contribution in [1.29, 1.82) is 0 Å². The minimum atomic E-state index is -0.425. The number of rotatable bonds is 5. The molecule has 7 nitrogen and oxygen atoms in total. The van der Waals surface area contributed by atoms with Gasteiger partial charge in [0, 0.05) is 31.8 Å². The Morgan fingerprint density at radius 1 is 1.48 bits per heavy atom. The van der Waals surface area contributed by atoms with Crippen molar-refractivity contribution in [1.82, 2.24) is 10.2 Å². The SMILES string of the molecule is CC(NCc1cccc([N+](=O)[O-])c1)C(=O)N1CCOCC1. The van der Waals surface area contributed by atoms with Gasteiger partial charge in [-0.1, -0.05) is 12.1 Å². The lowest BCUT2D eigenvalue weighted by atomic mass is 10.2. The minimum absolute atomic E-state index is 0.0312. The molecule has 1 fully saturated rings. The Morgan fingerprint density at radius 3 is 2.86 bits per heavy atom. The summed E-state index contributed by atoms with van der Waals surface area (Å²) in [4.78, 5) is 24.3. The third-order valence-electron chi connectivity index (χ3n) is 3.43. The molecule has 1 amide bonds. The van der Waals surface area contributed by atoms with Gasteiger partial charge in [0.05, 0.1) is 24.2 Å². The second kappa shape index (κ2) is 7.14. The predicted molar refractivity (Wildman–Crippen MR) is 76.8 cm³/mol. The van der Waals surface area contributed by atoms with Crippen LogP contribution in [0.15, 0.2) is 24.3 Å². The lowest BCUT2D eigenvalue weighted by Gasteiger charge is -2.29. The molecular formula is C14H19N3O4. The summed E-state index contributed by atoms with van der Waals surface area (Å²) in [5.41, 5.74) is 0.840. The van der Waals surface area contributed by atoms with E-state index in [9.17, 15) is 14.9 Å². The lowest BCUT2D eigenvalue weighted by Crippen LogP contribution is -2.49. The standard InChI is InChI=1S/C14H19N3O4/c1-11(14(18)16-5-7-21-8-6-16)15-10-12-3-2-4-13(9-12)17(19)20/h2-4,9,11,15H,5-8,10H2,1H3. The van der Waals surface area contributed by atoms with Crippen LogP contribution in [-0.2, 0) is 16.1 Å². The largest absolute Gasteiger partial charge is 0.378 e. The summed E-state index contributed by atoms with van der Waals surface area (Å²) in [6.07, 6.45) is 0. The third kappa shape index (κ3) is 4.24. The zero-order valence-corrected chi connectivity index (χ0v) is 11.9. The number of hydrogen-bond donors (Lipinski definition) is 1. The smallest absolute Gasteiger partial charge is 0.269 e. The fourth-order valence-corrected chi connectivity index (χ4v) is 2.20. The van der Waals surface area contributed by atoms with Gasteiger partial charge in [0.25, 0.3) is 5.69 Å². The van der Waals surface area contributed by atoms with Gasteiger partial charge >= 0.3 is 0 Å². The number of morpholine rings is 1. The maximum atomic E-state index is 12.2. The summed E-state index contributed by atoms with van der Waals surface area (Å²) < 4.78 is 5.22. The lowest BCUT2D eigenvalue weighted by molar-refractivity contribution is -0.384. The van der Waals surface area contributed by atoms with Gasteiger partial charge in [-0.3, -0.25) is 14.9 Å². The highest BCUT2D eigenvalue weighted by atomic mass is 16.6. The molecule has 1 saturated heterocycles. The molecule has 1 aromatic carbocycles. The van der Waals surface area contributed by atoms with Crippen molar-refractivity contribution in [3.05, 3.63) is 39.9 Å². The Labute approximate surface area is 123 Å². The van der Waals surface area contributed by atoms with Crippen LogP contribution in [0.3, 0.4) is 0 Å². The topological polar surface area (TPSA) is 84.7 Å². The molecule has 114 valence electrons. The van der Waals surface area contributed by atoms with Crippen molar-refractivity contribution in [2.45, 2.75) is 19.5 Å². The van der Waals surface area contributed by atoms with Crippen LogP contribution in [-0.4, -0.2) is 48.1 Å². The monoisotopic (exact) mass is 293 g/mol. The summed E-state index contributed by atoms with van der Waals surface area (Å²) in [7, 11) is 0. The molecule has 2 rings (SSSR count). The normalized spacial score (nSPS) is 16.5. The first kappa shape index (κ1) is 15.4. The molecule has 1 aliphatic heterocycles. The first-order valence-electron chi connectivity index (χ1n) is 6.91. The molecule has 21 heavy (non-hydrogen) atoms. The number of nitro benzene ring substituents is 1. The molecule has 7 heteroatoms. The Morgan fingerprint density at radius 2 is 2.19 bits per heavy atom. The van der Waals surface area contributed by atoms with E-state index in [2.05, 4.69) is 5.32 Å². The first-order valence-corrected chi connectivity index (χ1v) is 6.91. The fourth-order valence-electron chi connectivity index (χ4n) is 2.20. The number of hydrogen-bond acceptors (Lipinski definition) is 5. The van der Waals surface area contributed by atoms with Crippen LogP contribution >= 0.6 is 0 Å². The highest BCUT2D eigenvalue weighted by molar-refractivity contribution is 5.81. The Kier molecular flexibility index (Phi) is 5.24. The van der Waals surface area contributed by atoms with E-state index < -0.39 is 4.92 Å². The van der Waals surface area contributed by atoms with Gasteiger partial charge in [0.1, 0.15) is 0 Å². The number of amides is 1. The number of carbonyl (C=O) groups excluding carboxylic acids is 1. The predicted octanol–water partition coefficient (Wildman–Crippen LogP) is 0.932. The number of benzene rings is 1. The average Bonchev–Trinajstić information content (AvgIpc) is 2.53. The zero-order chi connectivity index (χ0) is 15.2. The van der Waals surface area contributed by atoms with Gasteiger partial charge in [-0.25, -0.2) is 0 Å². The minimum Gasteiger partial charge on any atom is -0.378 e. The van der Waals surface area contributed by atoms with E-state index in [-0.39, 0.29) is 17.6 Å². The summed E-state index contributed by atoms with van der Waals surface area (Å²) in [5.74, 6) is 0.0312. The summed E-state index contributed by atoms with van der Waals surface area (Å²) in [6.45, 7) is 4.59. The number of nitro groups is 1. The molecule has 1 unspecified atom stereocenters. The van der Waals surface area contributed by atoms with E-state index in [0.29, 0.717) is 32.8 Å². The molecule has 1 aromatic rings. The Balaban J connectivity index is 1.88. The van der Waals surface area contributed by atoms with Gasteiger partial charge in [0.2, 0.25) is 5.91 Å². The van der Waals surface area contributed by atoms with Crippen molar-refractivity contribution in [2.24, 2.45) is 0 Å². The van der Waals surface area contributed by atoms with E-state index in [0.717, 1.165) is 5.56 Å². The van der Waals surface area contributed by atoms with Crippen LogP contribution in [0.4, 0.5) is 5.69 Å². The van der Waals surface area contributed by atoms with Crippen LogP contribution in [0.2, 0.25) is 0 Å². The second-order valence-electron chi connectivity index (χ2n) is 4.97. The van der Waals surface area contributed by atoms with E-state index in [1.165, 1.54) is 12.1 Å². The van der Waals surface area contributed by atoms with Gasteiger partial charge in [-0.05, 0) is 12.5 Å². The van der Waals surface area contributed by atoms with Gasteiger partial charge in [-0.15, -0.1) is 0 Å². The number of nitrogens with zero attached hydrogens (tertiary/aromatic N) is 2. The van der Waals surface area contributed by atoms with E-state index >= 15 is 0 Å². The van der Waals surface area contributed by atoms with Crippen molar-refractivity contribution < 1.29 is 14.5 Å². The second-order valence-corrected chi connectivity index (χ2v) is 4.97. The van der Waals surface area contributed by atoms with Crippen molar-refractivity contribution >= 4 is 11.6 Å². The molecule has 1 aliphatic rings. The molecule has 1 heterocycles. The van der Waals surface area contributed by atoms with Crippen LogP contribution in [0.1, 0.15) is 12.5 Å². The van der Waals surface area contributed by atoms with E-state index in [1.807, 2.05) is 0 Å². The maximum absolute atomic E-state index is 12.2. The summed E-state index contributed by atoms with van der Waals surface area (Å²) in [6, 6.07) is 6.07. The number of ether oxygens (including phenoxy) is 1. The molecular weight excluding hydrogens is 274 g/mol. The highest BCUT2D eigenvalue weighted by Gasteiger charge is 2.22. The Bertz CT molecular complexity index is 515. The molecule has 0 radical (unpaired) electrons. The summed E-state index contributed by atoms with van der Waals surface area (Å²) in [5, 5.41) is 13.8. The molecule has 0 aromatic heterocycles. The average molecular weight is 293 g/mol. The molecule has 0 saturated carbocycles. The maximum Gasteiger partial charge on any atom is 0.269 e. The van der Waals surface area contributed by atoms with Crippen molar-refractivity contribution in [3.63, 3.8) is 0 Å². The zero-order valence-electron chi connectivity index (χ0n) is 11.9. The van der Waals surface area contributed by atoms with Crippen molar-refractivity contribution in [3.8, 4) is 0 Å². The fraction of sp³-hybridized carbons (Fsp3) is 0.500. The van der Waals surface area contributed by atoms with Gasteiger partial charge < -0.3 is 15.0 Å². The van der Waals surface area contributed by atoms with E-state index in [1.54, 1.807) is 24.0 Å². The van der Waals surface area contributed by atoms with E-state index in [4.69, 9.17) is 4.74 Å².